The van der Waals surface area contributed by atoms with Crippen LogP contribution in [-0.4, -0.2) is 107 Å². The monoisotopic (exact) mass is 849 g/mol. The number of hydrogen-bond acceptors (Lipinski definition) is 10. The van der Waals surface area contributed by atoms with Gasteiger partial charge >= 0.3 is 5.97 Å². The van der Waals surface area contributed by atoms with Gasteiger partial charge in [0.2, 0.25) is 11.8 Å². The van der Waals surface area contributed by atoms with Gasteiger partial charge in [-0.25, -0.2) is 0 Å². The Balaban J connectivity index is 0.929. The Morgan fingerprint density at radius 2 is 1.68 bits per heavy atom. The van der Waals surface area contributed by atoms with E-state index in [0.717, 1.165) is 61.6 Å². The van der Waals surface area contributed by atoms with Gasteiger partial charge in [-0.1, -0.05) is 80.1 Å². The van der Waals surface area contributed by atoms with E-state index >= 15 is 4.79 Å². The van der Waals surface area contributed by atoms with E-state index in [0.29, 0.717) is 23.4 Å². The number of esters is 1. The largest absolute Gasteiger partial charge is 0.458 e. The third-order valence-electron chi connectivity index (χ3n) is 16.7. The van der Waals surface area contributed by atoms with Crippen LogP contribution in [0.3, 0.4) is 0 Å². The van der Waals surface area contributed by atoms with Gasteiger partial charge in [0.1, 0.15) is 35.9 Å². The van der Waals surface area contributed by atoms with Crippen molar-refractivity contribution in [3.63, 3.8) is 0 Å². The van der Waals surface area contributed by atoms with Gasteiger partial charge in [-0.2, -0.15) is 5.06 Å². The van der Waals surface area contributed by atoms with E-state index in [9.17, 15) is 14.7 Å². The molecule has 9 aliphatic rings. The molecule has 4 heterocycles. The van der Waals surface area contributed by atoms with E-state index in [4.69, 9.17) is 23.8 Å². The zero-order valence-corrected chi connectivity index (χ0v) is 36.6. The van der Waals surface area contributed by atoms with Crippen LogP contribution < -0.4 is 5.32 Å². The molecule has 11 rings (SSSR count). The molecule has 4 aliphatic heterocycles. The van der Waals surface area contributed by atoms with Crippen molar-refractivity contribution in [3.05, 3.63) is 76.9 Å². The molecule has 2 aromatic carbocycles. The number of rotatable bonds is 12. The second-order valence-electron chi connectivity index (χ2n) is 21.2. The van der Waals surface area contributed by atoms with Crippen molar-refractivity contribution >= 4 is 23.9 Å². The van der Waals surface area contributed by atoms with Gasteiger partial charge < -0.3 is 34.3 Å². The van der Waals surface area contributed by atoms with Crippen molar-refractivity contribution < 1.29 is 43.3 Å². The highest BCUT2D eigenvalue weighted by molar-refractivity contribution is 5.96. The number of likely N-dealkylation sites (N-methyl/N-ethyl adjacent to an activating group) is 1. The fraction of sp³-hybridized carbons (Fsp3) is 0.660. The van der Waals surface area contributed by atoms with E-state index in [1.165, 1.54) is 23.3 Å². The summed E-state index contributed by atoms with van der Waals surface area (Å²) in [5.41, 5.74) is 3.35. The summed E-state index contributed by atoms with van der Waals surface area (Å²) in [4.78, 5) is 52.7. The highest BCUT2D eigenvalue weighted by Crippen LogP contribution is 2.64. The van der Waals surface area contributed by atoms with Crippen LogP contribution in [0.25, 0.3) is 6.08 Å². The molecule has 2 N–H and O–H groups in total. The first-order valence-corrected chi connectivity index (χ1v) is 23.5. The molecular weight excluding hydrogens is 787 g/mol. The number of hydrogen-bond donors (Lipinski definition) is 2. The van der Waals surface area contributed by atoms with Crippen molar-refractivity contribution in [2.75, 3.05) is 20.2 Å². The standard InChI is InChI=1S/C50H63N3O9/c1-47(2)26-35-32(13-18-39-48(3,59-39)20-19-36(35)47)24-30-11-8-12-31(23-30)28-53-42-45(56)58-38-27-49(42,43(62-53)41-40(38)60-50(61-41,33-14-15-33)34-16-17-34)46(57)52(4)37(44(55)51-21-22-54)25-29-9-6-5-7-10-29/h5-12,23-24,33-43,54H,13-22,25-28H2,1-4H3,(H,51,55)/t35-,36-,37-,38-,39?,40+,41+,42+,43-,48-,49+/m1/s1. The summed E-state index contributed by atoms with van der Waals surface area (Å²) in [6.07, 6.45) is 9.96. The molecule has 4 saturated heterocycles. The van der Waals surface area contributed by atoms with Crippen LogP contribution in [0.4, 0.5) is 0 Å². The first-order chi connectivity index (χ1) is 29.8. The summed E-state index contributed by atoms with van der Waals surface area (Å²) in [5.74, 6) is -0.347. The predicted molar refractivity (Wildman–Crippen MR) is 227 cm³/mol. The zero-order chi connectivity index (χ0) is 42.8. The molecule has 2 bridgehead atoms. The number of hydroxylamine groups is 2. The van der Waals surface area contributed by atoms with E-state index in [1.54, 1.807) is 12.1 Å². The van der Waals surface area contributed by atoms with Crippen LogP contribution >= 0.6 is 0 Å². The number of benzene rings is 2. The molecular formula is C50H63N3O9. The maximum absolute atomic E-state index is 15.7. The van der Waals surface area contributed by atoms with Gasteiger partial charge in [-0.05, 0) is 98.7 Å². The van der Waals surface area contributed by atoms with Crippen LogP contribution in [-0.2, 0) is 51.1 Å². The molecule has 5 aliphatic carbocycles. The van der Waals surface area contributed by atoms with Crippen LogP contribution in [0.5, 0.6) is 0 Å². The normalized spacial score (nSPS) is 38.5. The molecule has 11 atom stereocenters. The third-order valence-corrected chi connectivity index (χ3v) is 16.7. The lowest BCUT2D eigenvalue weighted by molar-refractivity contribution is -0.235. The molecule has 12 heteroatoms. The molecule has 2 aromatic rings. The van der Waals surface area contributed by atoms with Crippen LogP contribution in [0.15, 0.2) is 60.2 Å². The SMILES string of the molecule is CN(C(=O)[C@@]12C[C@H]3OC(=O)[C@@H]1N(Cc1cccc(C=C4CCC5O[C@]5(C)CC[C@@H]5[C@@H]4CC5(C)C)c1)O[C@@H]2[C@H]1OC(C2CC2)(C2CC2)O[C@H]13)[C@H](Cc1ccccc1)C(=O)NCCO. The van der Waals surface area contributed by atoms with Crippen LogP contribution in [0.1, 0.15) is 102 Å². The summed E-state index contributed by atoms with van der Waals surface area (Å²) in [6, 6.07) is 16.0. The summed E-state index contributed by atoms with van der Waals surface area (Å²) < 4.78 is 26.7. The van der Waals surface area contributed by atoms with Crippen molar-refractivity contribution in [1.82, 2.24) is 15.3 Å². The molecule has 0 spiro atoms. The van der Waals surface area contributed by atoms with Gasteiger partial charge in [0.15, 0.2) is 11.8 Å². The summed E-state index contributed by atoms with van der Waals surface area (Å²) in [6.45, 7) is 7.17. The first kappa shape index (κ1) is 41.1. The molecule has 9 fully saturated rings. The number of fused-ring (bicyclic) bond motifs is 6. The molecule has 0 radical (unpaired) electrons. The minimum Gasteiger partial charge on any atom is -0.458 e. The molecule has 5 saturated carbocycles. The number of carbonyl (C=O) groups is 3. The summed E-state index contributed by atoms with van der Waals surface area (Å²) in [7, 11) is 1.65. The summed E-state index contributed by atoms with van der Waals surface area (Å²) in [5, 5.41) is 14.1. The summed E-state index contributed by atoms with van der Waals surface area (Å²) >= 11 is 0. The Morgan fingerprint density at radius 1 is 0.935 bits per heavy atom. The first-order valence-electron chi connectivity index (χ1n) is 23.5. The van der Waals surface area contributed by atoms with Crippen molar-refractivity contribution in [1.29, 1.82) is 0 Å². The van der Waals surface area contributed by atoms with E-state index < -0.39 is 53.7 Å². The van der Waals surface area contributed by atoms with E-state index in [-0.39, 0.29) is 61.8 Å². The average molecular weight is 850 g/mol. The van der Waals surface area contributed by atoms with Gasteiger partial charge in [0.05, 0.1) is 24.9 Å². The number of aliphatic hydroxyl groups excluding tert-OH is 1. The number of nitrogens with one attached hydrogen (secondary N) is 1. The maximum atomic E-state index is 15.7. The topological polar surface area (TPSA) is 139 Å². The maximum Gasteiger partial charge on any atom is 0.327 e. The lowest BCUT2D eigenvalue weighted by Gasteiger charge is -2.53. The van der Waals surface area contributed by atoms with Gasteiger partial charge in [0.25, 0.3) is 0 Å². The highest BCUT2D eigenvalue weighted by Gasteiger charge is 2.78. The number of allylic oxidation sites excluding steroid dienone is 1. The average Bonchev–Trinajstić information content (AvgIpc) is 4.21. The van der Waals surface area contributed by atoms with Crippen molar-refractivity contribution in [3.8, 4) is 0 Å². The van der Waals surface area contributed by atoms with Crippen LogP contribution in [0, 0.1) is 34.5 Å². The Labute approximate surface area is 364 Å². The van der Waals surface area contributed by atoms with Crippen molar-refractivity contribution in [2.24, 2.45) is 34.5 Å². The lowest BCUT2D eigenvalue weighted by Crippen LogP contribution is -2.70. The molecule has 12 nitrogen and oxygen atoms in total. The Kier molecular flexibility index (Phi) is 9.91. The lowest BCUT2D eigenvalue weighted by atomic mass is 9.52. The second kappa shape index (κ2) is 15.0. The molecule has 1 unspecified atom stereocenters. The number of ether oxygens (including phenoxy) is 4. The number of epoxide rings is 1. The minimum atomic E-state index is -1.42. The predicted octanol–water partition coefficient (Wildman–Crippen LogP) is 5.74. The second-order valence-corrected chi connectivity index (χ2v) is 21.2. The number of nitrogens with zero attached hydrogens (tertiary/aromatic N) is 2. The Morgan fingerprint density at radius 3 is 2.40 bits per heavy atom. The van der Waals surface area contributed by atoms with Crippen LogP contribution in [0.2, 0.25) is 0 Å². The molecule has 0 aromatic heterocycles. The van der Waals surface area contributed by atoms with Gasteiger partial charge in [-0.15, -0.1) is 0 Å². The van der Waals surface area contributed by atoms with Crippen molar-refractivity contribution in [2.45, 2.75) is 152 Å². The smallest absolute Gasteiger partial charge is 0.327 e. The zero-order valence-electron chi connectivity index (χ0n) is 36.6. The molecule has 62 heavy (non-hydrogen) atoms. The number of amides is 2. The quantitative estimate of drug-likeness (QED) is 0.201. The fourth-order valence-corrected chi connectivity index (χ4v) is 13.0. The molecule has 332 valence electrons. The third kappa shape index (κ3) is 6.71. The van der Waals surface area contributed by atoms with E-state index in [2.05, 4.69) is 56.4 Å². The fourth-order valence-electron chi connectivity index (χ4n) is 13.0. The van der Waals surface area contributed by atoms with Gasteiger partial charge in [0, 0.05) is 38.3 Å². The molecule has 2 amide bonds. The Bertz CT molecular complexity index is 2120. The Hall–Kier alpha value is -3.65. The number of carbonyl (C=O) groups excluding carboxylic acids is 3. The minimum absolute atomic E-state index is 0.0223. The van der Waals surface area contributed by atoms with E-state index in [1.807, 2.05) is 30.3 Å². The number of aliphatic hydroxyl groups is 1. The highest BCUT2D eigenvalue weighted by atomic mass is 16.8. The van der Waals surface area contributed by atoms with Gasteiger partial charge in [-0.3, -0.25) is 19.2 Å².